The lowest BCUT2D eigenvalue weighted by Crippen LogP contribution is -2.52. The van der Waals surface area contributed by atoms with Crippen molar-refractivity contribution in [1.29, 1.82) is 0 Å². The zero-order valence-electron chi connectivity index (χ0n) is 17.0. The van der Waals surface area contributed by atoms with E-state index >= 15 is 0 Å². The van der Waals surface area contributed by atoms with Crippen LogP contribution in [0.3, 0.4) is 0 Å². The van der Waals surface area contributed by atoms with Gasteiger partial charge >= 0.3 is 0 Å². The van der Waals surface area contributed by atoms with Gasteiger partial charge in [-0.25, -0.2) is 0 Å². The van der Waals surface area contributed by atoms with Crippen molar-refractivity contribution in [3.05, 3.63) is 59.7 Å². The number of ether oxygens (including phenoxy) is 2. The number of nitrogens with one attached hydrogen (secondary N) is 1. The van der Waals surface area contributed by atoms with Crippen molar-refractivity contribution in [2.45, 2.75) is 13.2 Å². The predicted molar refractivity (Wildman–Crippen MR) is 114 cm³/mol. The van der Waals surface area contributed by atoms with E-state index in [1.807, 2.05) is 25.2 Å². The molecule has 0 radical (unpaired) electrons. The normalized spacial score (nSPS) is 14.9. The van der Waals surface area contributed by atoms with Crippen LogP contribution in [0.4, 0.5) is 5.69 Å². The molecule has 0 aromatic heterocycles. The van der Waals surface area contributed by atoms with Gasteiger partial charge in [0.2, 0.25) is 0 Å². The molecule has 1 aliphatic rings. The maximum absolute atomic E-state index is 5.35. The number of methoxy groups -OCH3 is 2. The fourth-order valence-corrected chi connectivity index (χ4v) is 3.52. The molecule has 1 aliphatic heterocycles. The number of rotatable bonds is 6. The Kier molecular flexibility index (Phi) is 7.14. The third kappa shape index (κ3) is 4.95. The highest BCUT2D eigenvalue weighted by Crippen LogP contribution is 2.22. The van der Waals surface area contributed by atoms with E-state index in [0.29, 0.717) is 6.61 Å². The first-order chi connectivity index (χ1) is 13.7. The molecule has 2 aromatic carbocycles. The summed E-state index contributed by atoms with van der Waals surface area (Å²) in [5.74, 6) is 1.84. The topological polar surface area (TPSA) is 49.3 Å². The molecule has 0 atom stereocenters. The quantitative estimate of drug-likeness (QED) is 0.615. The molecule has 1 N–H and O–H groups in total. The highest BCUT2D eigenvalue weighted by molar-refractivity contribution is 5.80. The van der Waals surface area contributed by atoms with Crippen LogP contribution in [-0.2, 0) is 17.9 Å². The molecule has 6 heteroatoms. The zero-order valence-corrected chi connectivity index (χ0v) is 17.0. The lowest BCUT2D eigenvalue weighted by molar-refractivity contribution is 0.184. The van der Waals surface area contributed by atoms with Crippen LogP contribution in [0.15, 0.2) is 53.5 Å². The molecule has 0 amide bonds. The van der Waals surface area contributed by atoms with Crippen molar-refractivity contribution in [2.75, 3.05) is 52.3 Å². The minimum Gasteiger partial charge on any atom is -0.497 e. The van der Waals surface area contributed by atoms with E-state index < -0.39 is 0 Å². The molecular formula is C22H30N4O2. The largest absolute Gasteiger partial charge is 0.497 e. The Balaban J connectivity index is 1.57. The molecule has 150 valence electrons. The van der Waals surface area contributed by atoms with Crippen LogP contribution in [0, 0.1) is 0 Å². The van der Waals surface area contributed by atoms with Gasteiger partial charge in [-0.05, 0) is 23.3 Å². The third-order valence-corrected chi connectivity index (χ3v) is 5.06. The van der Waals surface area contributed by atoms with E-state index in [2.05, 4.69) is 50.4 Å². The maximum atomic E-state index is 5.35. The first-order valence-electron chi connectivity index (χ1n) is 9.65. The van der Waals surface area contributed by atoms with Gasteiger partial charge in [0.15, 0.2) is 5.96 Å². The fourth-order valence-electron chi connectivity index (χ4n) is 3.52. The van der Waals surface area contributed by atoms with Crippen molar-refractivity contribution < 1.29 is 9.47 Å². The van der Waals surface area contributed by atoms with Crippen LogP contribution in [0.25, 0.3) is 0 Å². The average molecular weight is 383 g/mol. The van der Waals surface area contributed by atoms with E-state index in [1.165, 1.54) is 16.8 Å². The van der Waals surface area contributed by atoms with E-state index in [4.69, 9.17) is 9.47 Å². The number of hydrogen-bond donors (Lipinski definition) is 1. The lowest BCUT2D eigenvalue weighted by Gasteiger charge is -2.37. The monoisotopic (exact) mass is 382 g/mol. The lowest BCUT2D eigenvalue weighted by atomic mass is 10.1. The first kappa shape index (κ1) is 20.0. The smallest absolute Gasteiger partial charge is 0.194 e. The second-order valence-corrected chi connectivity index (χ2v) is 6.78. The summed E-state index contributed by atoms with van der Waals surface area (Å²) in [6, 6.07) is 16.6. The van der Waals surface area contributed by atoms with Gasteiger partial charge in [0.1, 0.15) is 5.75 Å². The molecule has 1 fully saturated rings. The predicted octanol–water partition coefficient (Wildman–Crippen LogP) is 2.74. The average Bonchev–Trinajstić information content (AvgIpc) is 2.76. The Morgan fingerprint density at radius 1 is 1.00 bits per heavy atom. The third-order valence-electron chi connectivity index (χ3n) is 5.06. The highest BCUT2D eigenvalue weighted by atomic mass is 16.5. The number of nitrogens with zero attached hydrogens (tertiary/aromatic N) is 3. The molecule has 0 spiro atoms. The first-order valence-corrected chi connectivity index (χ1v) is 9.65. The molecule has 6 nitrogen and oxygen atoms in total. The van der Waals surface area contributed by atoms with E-state index in [1.54, 1.807) is 14.2 Å². The number of benzene rings is 2. The summed E-state index contributed by atoms with van der Waals surface area (Å²) < 4.78 is 10.7. The Labute approximate surface area is 167 Å². The molecule has 3 rings (SSSR count). The molecule has 28 heavy (non-hydrogen) atoms. The van der Waals surface area contributed by atoms with Crippen molar-refractivity contribution in [3.8, 4) is 5.75 Å². The minimum absolute atomic E-state index is 0.621. The molecule has 0 unspecified atom stereocenters. The van der Waals surface area contributed by atoms with Gasteiger partial charge in [-0.2, -0.15) is 0 Å². The molecule has 2 aromatic rings. The minimum atomic E-state index is 0.621. The van der Waals surface area contributed by atoms with Crippen LogP contribution in [0.5, 0.6) is 5.75 Å². The van der Waals surface area contributed by atoms with Crippen LogP contribution in [0.1, 0.15) is 11.1 Å². The summed E-state index contributed by atoms with van der Waals surface area (Å²) in [7, 11) is 5.28. The van der Waals surface area contributed by atoms with Gasteiger partial charge in [0.25, 0.3) is 0 Å². The standard InChI is InChI=1S/C22H30N4O2/c1-23-22(24-16-18-7-4-5-8-19(18)17-27-2)26-13-11-25(12-14-26)20-9-6-10-21(15-20)28-3/h4-10,15H,11-14,16-17H2,1-3H3,(H,23,24). The molecule has 1 saturated heterocycles. The number of piperazine rings is 1. The second-order valence-electron chi connectivity index (χ2n) is 6.78. The number of anilines is 1. The van der Waals surface area contributed by atoms with Crippen LogP contribution in [-0.4, -0.2) is 58.3 Å². The van der Waals surface area contributed by atoms with E-state index in [9.17, 15) is 0 Å². The SMILES string of the molecule is CN=C(NCc1ccccc1COC)N1CCN(c2cccc(OC)c2)CC1. The Bertz CT molecular complexity index is 786. The summed E-state index contributed by atoms with van der Waals surface area (Å²) in [6.45, 7) is 5.12. The Hall–Kier alpha value is -2.73. The Morgan fingerprint density at radius 3 is 2.43 bits per heavy atom. The molecule has 0 aliphatic carbocycles. The molecular weight excluding hydrogens is 352 g/mol. The molecule has 0 saturated carbocycles. The molecule has 0 bridgehead atoms. The number of guanidine groups is 1. The zero-order chi connectivity index (χ0) is 19.8. The van der Waals surface area contributed by atoms with Gasteiger partial charge in [0, 0.05) is 58.6 Å². The van der Waals surface area contributed by atoms with Gasteiger partial charge < -0.3 is 24.6 Å². The summed E-state index contributed by atoms with van der Waals surface area (Å²) in [4.78, 5) is 9.19. The van der Waals surface area contributed by atoms with Crippen molar-refractivity contribution in [1.82, 2.24) is 10.2 Å². The van der Waals surface area contributed by atoms with Gasteiger partial charge in [-0.3, -0.25) is 4.99 Å². The van der Waals surface area contributed by atoms with E-state index in [-0.39, 0.29) is 0 Å². The van der Waals surface area contributed by atoms with E-state index in [0.717, 1.165) is 44.4 Å². The molecule has 1 heterocycles. The number of hydrogen-bond acceptors (Lipinski definition) is 4. The summed E-state index contributed by atoms with van der Waals surface area (Å²) in [6.07, 6.45) is 0. The van der Waals surface area contributed by atoms with Gasteiger partial charge in [-0.15, -0.1) is 0 Å². The summed E-state index contributed by atoms with van der Waals surface area (Å²) >= 11 is 0. The fraction of sp³-hybridized carbons (Fsp3) is 0.409. The Morgan fingerprint density at radius 2 is 1.75 bits per heavy atom. The summed E-state index contributed by atoms with van der Waals surface area (Å²) in [5.41, 5.74) is 3.65. The van der Waals surface area contributed by atoms with Gasteiger partial charge in [0.05, 0.1) is 13.7 Å². The highest BCUT2D eigenvalue weighted by Gasteiger charge is 2.20. The van der Waals surface area contributed by atoms with Crippen molar-refractivity contribution >= 4 is 11.6 Å². The summed E-state index contributed by atoms with van der Waals surface area (Å²) in [5, 5.41) is 3.51. The van der Waals surface area contributed by atoms with Crippen molar-refractivity contribution in [2.24, 2.45) is 4.99 Å². The second kappa shape index (κ2) is 9.99. The number of aliphatic imine (C=N–C) groups is 1. The van der Waals surface area contributed by atoms with Crippen LogP contribution >= 0.6 is 0 Å². The van der Waals surface area contributed by atoms with Crippen LogP contribution in [0.2, 0.25) is 0 Å². The van der Waals surface area contributed by atoms with Crippen LogP contribution < -0.4 is 15.0 Å². The maximum Gasteiger partial charge on any atom is 0.194 e. The van der Waals surface area contributed by atoms with Crippen molar-refractivity contribution in [3.63, 3.8) is 0 Å². The van der Waals surface area contributed by atoms with Gasteiger partial charge in [-0.1, -0.05) is 30.3 Å².